The quantitative estimate of drug-likeness (QED) is 0.784. The van der Waals surface area contributed by atoms with E-state index in [0.717, 1.165) is 25.5 Å². The van der Waals surface area contributed by atoms with Crippen LogP contribution in [-0.4, -0.2) is 36.9 Å². The molecule has 2 aliphatic rings. The van der Waals surface area contributed by atoms with Crippen molar-refractivity contribution in [3.8, 4) is 0 Å². The summed E-state index contributed by atoms with van der Waals surface area (Å²) in [5, 5.41) is 9.60. The highest BCUT2D eigenvalue weighted by Gasteiger charge is 2.59. The molecule has 1 saturated heterocycles. The van der Waals surface area contributed by atoms with Crippen molar-refractivity contribution in [1.82, 2.24) is 0 Å². The van der Waals surface area contributed by atoms with Crippen LogP contribution in [0.4, 0.5) is 0 Å². The van der Waals surface area contributed by atoms with Gasteiger partial charge >= 0.3 is 5.97 Å². The molecule has 1 unspecified atom stereocenters. The van der Waals surface area contributed by atoms with Crippen molar-refractivity contribution < 1.29 is 24.2 Å². The van der Waals surface area contributed by atoms with Crippen molar-refractivity contribution in [3.05, 3.63) is 0 Å². The fourth-order valence-corrected chi connectivity index (χ4v) is 3.41. The molecule has 1 N–H and O–H groups in total. The summed E-state index contributed by atoms with van der Waals surface area (Å²) in [6, 6.07) is 0. The van der Waals surface area contributed by atoms with E-state index in [2.05, 4.69) is 0 Å². The van der Waals surface area contributed by atoms with E-state index in [1.807, 2.05) is 0 Å². The fraction of sp³-hybridized carbons (Fsp3) is 0.867. The first-order valence-corrected chi connectivity index (χ1v) is 7.37. The number of aldehydes is 1. The molecule has 4 atom stereocenters. The van der Waals surface area contributed by atoms with Gasteiger partial charge in [0, 0.05) is 12.0 Å². The summed E-state index contributed by atoms with van der Waals surface area (Å²) in [6.07, 6.45) is 4.88. The van der Waals surface area contributed by atoms with Crippen LogP contribution in [0, 0.1) is 16.7 Å². The van der Waals surface area contributed by atoms with Crippen molar-refractivity contribution in [2.45, 2.75) is 52.2 Å². The van der Waals surface area contributed by atoms with E-state index in [1.54, 1.807) is 13.8 Å². The van der Waals surface area contributed by atoms with Gasteiger partial charge in [-0.05, 0) is 44.9 Å². The van der Waals surface area contributed by atoms with E-state index in [9.17, 15) is 14.7 Å². The third-order valence-electron chi connectivity index (χ3n) is 5.34. The average Bonchev–Trinajstić information content (AvgIpc) is 2.72. The van der Waals surface area contributed by atoms with Gasteiger partial charge in [-0.1, -0.05) is 6.92 Å². The number of aliphatic carboxylic acids is 1. The summed E-state index contributed by atoms with van der Waals surface area (Å²) in [7, 11) is 0. The molecule has 0 aromatic carbocycles. The maximum atomic E-state index is 11.7. The number of rotatable bonds is 5. The molecule has 20 heavy (non-hydrogen) atoms. The van der Waals surface area contributed by atoms with Crippen molar-refractivity contribution >= 4 is 12.3 Å². The first-order valence-electron chi connectivity index (χ1n) is 7.37. The van der Waals surface area contributed by atoms with Gasteiger partial charge in [-0.3, -0.25) is 4.79 Å². The summed E-state index contributed by atoms with van der Waals surface area (Å²) in [6.45, 7) is 4.46. The smallest absolute Gasteiger partial charge is 0.310 e. The van der Waals surface area contributed by atoms with Crippen LogP contribution in [-0.2, 0) is 19.1 Å². The van der Waals surface area contributed by atoms with Gasteiger partial charge in [0.05, 0.1) is 12.0 Å². The first-order chi connectivity index (χ1) is 9.44. The lowest BCUT2D eigenvalue weighted by Crippen LogP contribution is -2.46. The van der Waals surface area contributed by atoms with Gasteiger partial charge in [-0.2, -0.15) is 0 Å². The standard InChI is InChI=1S/C15H24O5/c1-14(10-16)7-6-11(15(14,2)13(17)18)9-20-12-5-3-4-8-19-12/h10-12H,3-9H2,1-2H3,(H,17,18)/t11-,12?,14+,15+/m1/s1. The molecule has 0 bridgehead atoms. The van der Waals surface area contributed by atoms with E-state index in [0.29, 0.717) is 26.1 Å². The highest BCUT2D eigenvalue weighted by Crippen LogP contribution is 2.55. The topological polar surface area (TPSA) is 72.8 Å². The number of hydrogen-bond donors (Lipinski definition) is 1. The minimum absolute atomic E-state index is 0.152. The largest absolute Gasteiger partial charge is 0.481 e. The molecule has 2 fully saturated rings. The number of carbonyl (C=O) groups excluding carboxylic acids is 1. The fourth-order valence-electron chi connectivity index (χ4n) is 3.41. The molecule has 0 aromatic heterocycles. The van der Waals surface area contributed by atoms with Gasteiger partial charge < -0.3 is 19.4 Å². The predicted octanol–water partition coefficient (Wildman–Crippen LogP) is 2.24. The molecule has 1 saturated carbocycles. The molecule has 0 aromatic rings. The molecule has 1 aliphatic carbocycles. The highest BCUT2D eigenvalue weighted by atomic mass is 16.7. The number of ether oxygens (including phenoxy) is 2. The van der Waals surface area contributed by atoms with E-state index >= 15 is 0 Å². The van der Waals surface area contributed by atoms with Crippen LogP contribution in [0.3, 0.4) is 0 Å². The minimum atomic E-state index is -1.07. The number of carboxylic acid groups (broad SMARTS) is 1. The zero-order valence-corrected chi connectivity index (χ0v) is 12.3. The zero-order chi connectivity index (χ0) is 14.8. The molecule has 0 radical (unpaired) electrons. The Hall–Kier alpha value is -0.940. The van der Waals surface area contributed by atoms with Crippen molar-refractivity contribution in [3.63, 3.8) is 0 Å². The maximum absolute atomic E-state index is 11.7. The Kier molecular flexibility index (Phi) is 4.49. The van der Waals surface area contributed by atoms with E-state index in [-0.39, 0.29) is 12.2 Å². The summed E-state index contributed by atoms with van der Waals surface area (Å²) in [4.78, 5) is 23.1. The molecule has 1 heterocycles. The predicted molar refractivity (Wildman–Crippen MR) is 72.2 cm³/mol. The Morgan fingerprint density at radius 1 is 1.40 bits per heavy atom. The number of hydrogen-bond acceptors (Lipinski definition) is 4. The van der Waals surface area contributed by atoms with Gasteiger partial charge in [-0.15, -0.1) is 0 Å². The minimum Gasteiger partial charge on any atom is -0.481 e. The van der Waals surface area contributed by atoms with Crippen molar-refractivity contribution in [2.24, 2.45) is 16.7 Å². The molecular formula is C15H24O5. The van der Waals surface area contributed by atoms with Crippen LogP contribution in [0.1, 0.15) is 46.0 Å². The zero-order valence-electron chi connectivity index (χ0n) is 12.3. The first kappa shape index (κ1) is 15.4. The third-order valence-corrected chi connectivity index (χ3v) is 5.34. The second-order valence-corrected chi connectivity index (χ2v) is 6.41. The van der Waals surface area contributed by atoms with Crippen molar-refractivity contribution in [2.75, 3.05) is 13.2 Å². The Morgan fingerprint density at radius 3 is 2.70 bits per heavy atom. The second kappa shape index (κ2) is 5.82. The Labute approximate surface area is 119 Å². The number of carbonyl (C=O) groups is 2. The average molecular weight is 284 g/mol. The molecule has 114 valence electrons. The lowest BCUT2D eigenvalue weighted by Gasteiger charge is -2.37. The summed E-state index contributed by atoms with van der Waals surface area (Å²) in [5.74, 6) is -1.07. The molecule has 5 heteroatoms. The van der Waals surface area contributed by atoms with Crippen LogP contribution in [0.25, 0.3) is 0 Å². The second-order valence-electron chi connectivity index (χ2n) is 6.41. The maximum Gasteiger partial charge on any atom is 0.310 e. The molecule has 1 aliphatic heterocycles. The normalized spacial score (nSPS) is 41.5. The molecule has 5 nitrogen and oxygen atoms in total. The third kappa shape index (κ3) is 2.49. The Balaban J connectivity index is 2.03. The van der Waals surface area contributed by atoms with E-state index in [4.69, 9.17) is 9.47 Å². The summed E-state index contributed by atoms with van der Waals surface area (Å²) in [5.41, 5.74) is -1.89. The SMILES string of the molecule is C[C@@]1(C=O)CC[C@H](COC2CCCCO2)[C@@]1(C)C(=O)O. The summed E-state index contributed by atoms with van der Waals surface area (Å²) < 4.78 is 11.3. The molecule has 2 rings (SSSR count). The lowest BCUT2D eigenvalue weighted by atomic mass is 9.65. The summed E-state index contributed by atoms with van der Waals surface area (Å²) >= 11 is 0. The monoisotopic (exact) mass is 284 g/mol. The molecule has 0 spiro atoms. The highest BCUT2D eigenvalue weighted by molar-refractivity contribution is 5.82. The van der Waals surface area contributed by atoms with Gasteiger partial charge in [0.25, 0.3) is 0 Å². The Bertz CT molecular complexity index is 376. The van der Waals surface area contributed by atoms with Gasteiger partial charge in [0.15, 0.2) is 6.29 Å². The molecule has 0 amide bonds. The van der Waals surface area contributed by atoms with Gasteiger partial charge in [-0.25, -0.2) is 0 Å². The van der Waals surface area contributed by atoms with Crippen LogP contribution in [0.5, 0.6) is 0 Å². The van der Waals surface area contributed by atoms with E-state index in [1.165, 1.54) is 0 Å². The van der Waals surface area contributed by atoms with Crippen LogP contribution >= 0.6 is 0 Å². The van der Waals surface area contributed by atoms with E-state index < -0.39 is 16.8 Å². The number of carboxylic acids is 1. The van der Waals surface area contributed by atoms with Gasteiger partial charge in [0.2, 0.25) is 0 Å². The van der Waals surface area contributed by atoms with Crippen LogP contribution < -0.4 is 0 Å². The van der Waals surface area contributed by atoms with Crippen LogP contribution in [0.15, 0.2) is 0 Å². The van der Waals surface area contributed by atoms with Gasteiger partial charge in [0.1, 0.15) is 6.29 Å². The lowest BCUT2D eigenvalue weighted by molar-refractivity contribution is -0.183. The van der Waals surface area contributed by atoms with Crippen LogP contribution in [0.2, 0.25) is 0 Å². The van der Waals surface area contributed by atoms with Crippen molar-refractivity contribution in [1.29, 1.82) is 0 Å². The Morgan fingerprint density at radius 2 is 2.15 bits per heavy atom. The molecular weight excluding hydrogens is 260 g/mol.